The molecule has 0 fully saturated rings. The summed E-state index contributed by atoms with van der Waals surface area (Å²) in [4.78, 5) is 14.9. The third kappa shape index (κ3) is 6.93. The van der Waals surface area contributed by atoms with Crippen LogP contribution in [0.5, 0.6) is 5.75 Å². The molecule has 0 amide bonds. The van der Waals surface area contributed by atoms with Gasteiger partial charge in [0, 0.05) is 12.8 Å². The average molecular weight is 347 g/mol. The lowest BCUT2D eigenvalue weighted by atomic mass is 10.1. The molecule has 0 bridgehead atoms. The molecule has 0 spiro atoms. The summed E-state index contributed by atoms with van der Waals surface area (Å²) in [6.45, 7) is 2.71. The molecule has 0 aliphatic rings. The highest BCUT2D eigenvalue weighted by atomic mass is 16.5. The minimum atomic E-state index is -0.913. The van der Waals surface area contributed by atoms with Crippen LogP contribution >= 0.6 is 0 Å². The van der Waals surface area contributed by atoms with Gasteiger partial charge in [-0.3, -0.25) is 10.1 Å². The lowest BCUT2D eigenvalue weighted by Gasteiger charge is -2.08. The number of H-pyrrole nitrogens is 1. The predicted molar refractivity (Wildman–Crippen MR) is 93.4 cm³/mol. The van der Waals surface area contributed by atoms with Crippen molar-refractivity contribution in [1.82, 2.24) is 15.2 Å². The van der Waals surface area contributed by atoms with Gasteiger partial charge in [-0.05, 0) is 38.0 Å². The Morgan fingerprint density at radius 3 is 2.56 bits per heavy atom. The Balaban J connectivity index is 1.50. The summed E-state index contributed by atoms with van der Waals surface area (Å²) in [6.07, 6.45) is 7.76. The van der Waals surface area contributed by atoms with Crippen molar-refractivity contribution in [3.8, 4) is 17.1 Å². The molecule has 2 aromatic rings. The molecule has 1 unspecified atom stereocenters. The summed E-state index contributed by atoms with van der Waals surface area (Å²) in [5, 5.41) is 15.5. The van der Waals surface area contributed by atoms with Crippen molar-refractivity contribution in [2.45, 2.75) is 45.1 Å². The number of unbranched alkanes of at least 4 members (excludes halogenated alkanes) is 4. The molecule has 7 heteroatoms. The highest BCUT2D eigenvalue weighted by molar-refractivity contribution is 5.71. The van der Waals surface area contributed by atoms with Crippen molar-refractivity contribution in [2.24, 2.45) is 0 Å². The third-order valence-corrected chi connectivity index (χ3v) is 3.79. The molecule has 0 aliphatic heterocycles. The molecule has 25 heavy (non-hydrogen) atoms. The number of hydrogen-bond donors (Lipinski definition) is 2. The SMILES string of the molecule is CC(OCCCCCCCOc1ccc(-c2ccn[nH]2)nc1)C(=O)O. The zero-order valence-corrected chi connectivity index (χ0v) is 14.5. The molecule has 2 rings (SSSR count). The van der Waals surface area contributed by atoms with E-state index in [-0.39, 0.29) is 0 Å². The van der Waals surface area contributed by atoms with E-state index in [0.29, 0.717) is 13.2 Å². The van der Waals surface area contributed by atoms with E-state index in [9.17, 15) is 4.79 Å². The number of carbonyl (C=O) groups is 1. The molecule has 0 aliphatic carbocycles. The van der Waals surface area contributed by atoms with Gasteiger partial charge >= 0.3 is 5.97 Å². The molecule has 1 atom stereocenters. The van der Waals surface area contributed by atoms with Crippen LogP contribution in [0.1, 0.15) is 39.0 Å². The summed E-state index contributed by atoms with van der Waals surface area (Å²) in [6, 6.07) is 5.68. The van der Waals surface area contributed by atoms with Gasteiger partial charge in [-0.15, -0.1) is 0 Å². The van der Waals surface area contributed by atoms with E-state index in [0.717, 1.165) is 49.2 Å². The predicted octanol–water partition coefficient (Wildman–Crippen LogP) is 3.29. The first-order chi connectivity index (χ1) is 12.2. The molecular formula is C18H25N3O4. The van der Waals surface area contributed by atoms with Crippen molar-refractivity contribution in [2.75, 3.05) is 13.2 Å². The molecule has 0 saturated carbocycles. The number of hydrogen-bond acceptors (Lipinski definition) is 5. The van der Waals surface area contributed by atoms with E-state index in [1.807, 2.05) is 18.2 Å². The molecular weight excluding hydrogens is 322 g/mol. The van der Waals surface area contributed by atoms with Gasteiger partial charge in [0.05, 0.1) is 24.2 Å². The quantitative estimate of drug-likeness (QED) is 0.572. The summed E-state index contributed by atoms with van der Waals surface area (Å²) in [5.74, 6) is -0.149. The average Bonchev–Trinajstić information content (AvgIpc) is 3.15. The van der Waals surface area contributed by atoms with E-state index in [4.69, 9.17) is 14.6 Å². The van der Waals surface area contributed by atoms with Crippen LogP contribution in [0.4, 0.5) is 0 Å². The molecule has 2 heterocycles. The Kier molecular flexibility index (Phi) is 7.91. The van der Waals surface area contributed by atoms with Crippen molar-refractivity contribution >= 4 is 5.97 Å². The van der Waals surface area contributed by atoms with E-state index in [1.165, 1.54) is 0 Å². The highest BCUT2D eigenvalue weighted by Crippen LogP contribution is 2.17. The van der Waals surface area contributed by atoms with Gasteiger partial charge in [-0.2, -0.15) is 5.10 Å². The Morgan fingerprint density at radius 1 is 1.16 bits per heavy atom. The van der Waals surface area contributed by atoms with Crippen LogP contribution < -0.4 is 4.74 Å². The monoisotopic (exact) mass is 347 g/mol. The fourth-order valence-corrected chi connectivity index (χ4v) is 2.28. The number of carboxylic acid groups (broad SMARTS) is 1. The largest absolute Gasteiger partial charge is 0.492 e. The zero-order valence-electron chi connectivity index (χ0n) is 14.5. The number of ether oxygens (including phenoxy) is 2. The summed E-state index contributed by atoms with van der Waals surface area (Å²) < 4.78 is 10.9. The number of carboxylic acids is 1. The fraction of sp³-hybridized carbons (Fsp3) is 0.500. The smallest absolute Gasteiger partial charge is 0.332 e. The van der Waals surface area contributed by atoms with Gasteiger partial charge < -0.3 is 14.6 Å². The van der Waals surface area contributed by atoms with Crippen LogP contribution in [0.25, 0.3) is 11.4 Å². The van der Waals surface area contributed by atoms with E-state index in [1.54, 1.807) is 19.3 Å². The maximum atomic E-state index is 10.6. The molecule has 0 saturated heterocycles. The minimum Gasteiger partial charge on any atom is -0.492 e. The second-order valence-corrected chi connectivity index (χ2v) is 5.82. The van der Waals surface area contributed by atoms with Crippen LogP contribution in [0.15, 0.2) is 30.6 Å². The number of aromatic amines is 1. The van der Waals surface area contributed by atoms with Gasteiger partial charge in [0.25, 0.3) is 0 Å². The van der Waals surface area contributed by atoms with E-state index in [2.05, 4.69) is 15.2 Å². The number of aliphatic carboxylic acids is 1. The van der Waals surface area contributed by atoms with Crippen LogP contribution in [0, 0.1) is 0 Å². The van der Waals surface area contributed by atoms with E-state index < -0.39 is 12.1 Å². The van der Waals surface area contributed by atoms with Gasteiger partial charge in [-0.25, -0.2) is 4.79 Å². The number of aromatic nitrogens is 3. The maximum absolute atomic E-state index is 10.6. The second-order valence-electron chi connectivity index (χ2n) is 5.82. The number of rotatable bonds is 12. The van der Waals surface area contributed by atoms with Gasteiger partial charge in [-0.1, -0.05) is 19.3 Å². The molecule has 2 N–H and O–H groups in total. The van der Waals surface area contributed by atoms with Crippen LogP contribution in [0.2, 0.25) is 0 Å². The van der Waals surface area contributed by atoms with E-state index >= 15 is 0 Å². The van der Waals surface area contributed by atoms with Crippen LogP contribution in [-0.4, -0.2) is 45.6 Å². The highest BCUT2D eigenvalue weighted by Gasteiger charge is 2.09. The van der Waals surface area contributed by atoms with Crippen molar-refractivity contribution in [1.29, 1.82) is 0 Å². The zero-order chi connectivity index (χ0) is 17.9. The summed E-state index contributed by atoms with van der Waals surface area (Å²) in [5.41, 5.74) is 1.72. The Hall–Kier alpha value is -2.41. The summed E-state index contributed by atoms with van der Waals surface area (Å²) in [7, 11) is 0. The van der Waals surface area contributed by atoms with Gasteiger partial charge in [0.2, 0.25) is 0 Å². The topological polar surface area (TPSA) is 97.3 Å². The molecule has 2 aromatic heterocycles. The van der Waals surface area contributed by atoms with Gasteiger partial charge in [0.15, 0.2) is 6.10 Å². The normalized spacial score (nSPS) is 12.0. The first-order valence-corrected chi connectivity index (χ1v) is 8.60. The molecule has 136 valence electrons. The Morgan fingerprint density at radius 2 is 1.92 bits per heavy atom. The first kappa shape index (κ1) is 18.9. The number of nitrogens with zero attached hydrogens (tertiary/aromatic N) is 2. The van der Waals surface area contributed by atoms with Crippen molar-refractivity contribution in [3.05, 3.63) is 30.6 Å². The number of pyridine rings is 1. The lowest BCUT2D eigenvalue weighted by Crippen LogP contribution is -2.20. The first-order valence-electron chi connectivity index (χ1n) is 8.60. The fourth-order valence-electron chi connectivity index (χ4n) is 2.28. The summed E-state index contributed by atoms with van der Waals surface area (Å²) >= 11 is 0. The van der Waals surface area contributed by atoms with Crippen molar-refractivity contribution < 1.29 is 19.4 Å². The van der Waals surface area contributed by atoms with Crippen LogP contribution in [0.3, 0.4) is 0 Å². The third-order valence-electron chi connectivity index (χ3n) is 3.79. The van der Waals surface area contributed by atoms with Gasteiger partial charge in [0.1, 0.15) is 5.75 Å². The minimum absolute atomic E-state index is 0.498. The maximum Gasteiger partial charge on any atom is 0.332 e. The number of nitrogens with one attached hydrogen (secondary N) is 1. The molecule has 7 nitrogen and oxygen atoms in total. The second kappa shape index (κ2) is 10.5. The Labute approximate surface area is 147 Å². The van der Waals surface area contributed by atoms with Crippen molar-refractivity contribution in [3.63, 3.8) is 0 Å². The lowest BCUT2D eigenvalue weighted by molar-refractivity contribution is -0.149. The molecule has 0 radical (unpaired) electrons. The Bertz CT molecular complexity index is 614. The standard InChI is InChI=1S/C18H25N3O4/c1-14(18(22)23)24-11-5-3-2-4-6-12-25-15-7-8-16(19-13-15)17-9-10-20-21-17/h7-10,13-14H,2-6,11-12H2,1H3,(H,20,21)(H,22,23). The molecule has 0 aromatic carbocycles. The van der Waals surface area contributed by atoms with Crippen LogP contribution in [-0.2, 0) is 9.53 Å².